The number of hydrogen-bond acceptors (Lipinski definition) is 2. The van der Waals surface area contributed by atoms with Crippen LogP contribution in [0.15, 0.2) is 22.7 Å². The summed E-state index contributed by atoms with van der Waals surface area (Å²) in [5.74, 6) is -3.19. The van der Waals surface area contributed by atoms with E-state index in [4.69, 9.17) is 5.11 Å². The Morgan fingerprint density at radius 1 is 1.25 bits per heavy atom. The van der Waals surface area contributed by atoms with Gasteiger partial charge in [0.1, 0.15) is 5.82 Å². The molecule has 0 saturated heterocycles. The predicted molar refractivity (Wildman–Crippen MR) is 75.8 cm³/mol. The summed E-state index contributed by atoms with van der Waals surface area (Å²) in [6, 6.07) is 4.33. The topological polar surface area (TPSA) is 66.4 Å². The van der Waals surface area contributed by atoms with Crippen molar-refractivity contribution in [1.82, 2.24) is 0 Å². The minimum absolute atomic E-state index is 0.0768. The van der Waals surface area contributed by atoms with Crippen molar-refractivity contribution in [3.8, 4) is 0 Å². The first kappa shape index (κ1) is 15.0. The van der Waals surface area contributed by atoms with Crippen LogP contribution in [0.3, 0.4) is 0 Å². The minimum atomic E-state index is -0.957. The molecule has 2 atom stereocenters. The number of benzene rings is 1. The summed E-state index contributed by atoms with van der Waals surface area (Å²) in [5.41, 5.74) is 0.0768. The zero-order valence-corrected chi connectivity index (χ0v) is 12.3. The molecule has 1 aromatic carbocycles. The number of aliphatic carboxylic acids is 1. The van der Waals surface area contributed by atoms with Gasteiger partial charge >= 0.3 is 5.97 Å². The molecule has 0 heterocycles. The molecular formula is C14H15BrFNO3. The molecule has 20 heavy (non-hydrogen) atoms. The van der Waals surface area contributed by atoms with Crippen LogP contribution in [0.25, 0.3) is 0 Å². The zero-order valence-electron chi connectivity index (χ0n) is 10.7. The van der Waals surface area contributed by atoms with E-state index in [1.54, 1.807) is 6.07 Å². The zero-order chi connectivity index (χ0) is 14.7. The molecule has 2 N–H and O–H groups in total. The third-order valence-electron chi connectivity index (χ3n) is 3.61. The molecule has 1 saturated carbocycles. The summed E-state index contributed by atoms with van der Waals surface area (Å²) in [4.78, 5) is 23.3. The van der Waals surface area contributed by atoms with E-state index in [1.807, 2.05) is 0 Å². The highest BCUT2D eigenvalue weighted by Crippen LogP contribution is 2.31. The maximum absolute atomic E-state index is 13.7. The molecule has 4 nitrogen and oxygen atoms in total. The lowest BCUT2D eigenvalue weighted by Crippen LogP contribution is -2.36. The van der Waals surface area contributed by atoms with Crippen molar-refractivity contribution in [2.45, 2.75) is 25.7 Å². The average molecular weight is 344 g/mol. The molecule has 0 aromatic heterocycles. The number of rotatable bonds is 3. The summed E-state index contributed by atoms with van der Waals surface area (Å²) in [6.45, 7) is 0. The third kappa shape index (κ3) is 3.36. The highest BCUT2D eigenvalue weighted by atomic mass is 79.9. The van der Waals surface area contributed by atoms with Crippen molar-refractivity contribution < 1.29 is 19.1 Å². The van der Waals surface area contributed by atoms with Gasteiger partial charge in [-0.3, -0.25) is 9.59 Å². The molecule has 1 aliphatic carbocycles. The van der Waals surface area contributed by atoms with E-state index in [0.29, 0.717) is 17.3 Å². The van der Waals surface area contributed by atoms with Crippen molar-refractivity contribution in [3.63, 3.8) is 0 Å². The second-order valence-corrected chi connectivity index (χ2v) is 5.86. The molecule has 6 heteroatoms. The first-order valence-electron chi connectivity index (χ1n) is 6.48. The van der Waals surface area contributed by atoms with Gasteiger partial charge in [-0.1, -0.05) is 28.8 Å². The van der Waals surface area contributed by atoms with Crippen LogP contribution in [0, 0.1) is 17.7 Å². The standard InChI is InChI=1S/C14H15BrFNO3/c15-8-5-6-12(11(16)7-8)17-13(18)9-3-1-2-4-10(9)14(19)20/h5-7,9-10H,1-4H2,(H,17,18)(H,19,20)/t9-,10-/m1/s1. The molecule has 108 valence electrons. The lowest BCUT2D eigenvalue weighted by molar-refractivity contribution is -0.147. The van der Waals surface area contributed by atoms with Gasteiger partial charge in [0.25, 0.3) is 0 Å². The van der Waals surface area contributed by atoms with Crippen LogP contribution in [-0.2, 0) is 9.59 Å². The molecule has 0 bridgehead atoms. The fourth-order valence-corrected chi connectivity index (χ4v) is 2.89. The molecular weight excluding hydrogens is 329 g/mol. The summed E-state index contributed by atoms with van der Waals surface area (Å²) < 4.78 is 14.3. The van der Waals surface area contributed by atoms with Crippen molar-refractivity contribution in [1.29, 1.82) is 0 Å². The van der Waals surface area contributed by atoms with E-state index in [-0.39, 0.29) is 5.69 Å². The lowest BCUT2D eigenvalue weighted by atomic mass is 9.78. The van der Waals surface area contributed by atoms with Crippen LogP contribution < -0.4 is 5.32 Å². The van der Waals surface area contributed by atoms with E-state index in [9.17, 15) is 14.0 Å². The van der Waals surface area contributed by atoms with Crippen LogP contribution in [0.2, 0.25) is 0 Å². The molecule has 2 rings (SSSR count). The van der Waals surface area contributed by atoms with E-state index in [0.717, 1.165) is 12.8 Å². The number of carboxylic acids is 1. The van der Waals surface area contributed by atoms with Gasteiger partial charge in [0.15, 0.2) is 0 Å². The summed E-state index contributed by atoms with van der Waals surface area (Å²) >= 11 is 3.14. The number of carbonyl (C=O) groups excluding carboxylic acids is 1. The van der Waals surface area contributed by atoms with E-state index >= 15 is 0 Å². The van der Waals surface area contributed by atoms with Gasteiger partial charge in [-0.15, -0.1) is 0 Å². The van der Waals surface area contributed by atoms with E-state index in [1.165, 1.54) is 12.1 Å². The van der Waals surface area contributed by atoms with Gasteiger partial charge in [-0.25, -0.2) is 4.39 Å². The average Bonchev–Trinajstić information content (AvgIpc) is 2.41. The van der Waals surface area contributed by atoms with Crippen molar-refractivity contribution in [2.24, 2.45) is 11.8 Å². The lowest BCUT2D eigenvalue weighted by Gasteiger charge is -2.27. The van der Waals surface area contributed by atoms with Gasteiger partial charge in [-0.2, -0.15) is 0 Å². The fraction of sp³-hybridized carbons (Fsp3) is 0.429. The Morgan fingerprint density at radius 2 is 1.90 bits per heavy atom. The Labute approximate surface area is 124 Å². The molecule has 0 aliphatic heterocycles. The van der Waals surface area contributed by atoms with Gasteiger partial charge in [-0.05, 0) is 31.0 Å². The van der Waals surface area contributed by atoms with Crippen molar-refractivity contribution in [2.75, 3.05) is 5.32 Å². The smallest absolute Gasteiger partial charge is 0.307 e. The number of hydrogen-bond donors (Lipinski definition) is 2. The monoisotopic (exact) mass is 343 g/mol. The number of carbonyl (C=O) groups is 2. The summed E-state index contributed by atoms with van der Waals surface area (Å²) in [5, 5.41) is 11.6. The van der Waals surface area contributed by atoms with Crippen LogP contribution in [0.5, 0.6) is 0 Å². The second kappa shape index (κ2) is 6.35. The Balaban J connectivity index is 2.12. The van der Waals surface area contributed by atoms with Crippen LogP contribution in [-0.4, -0.2) is 17.0 Å². The highest BCUT2D eigenvalue weighted by Gasteiger charge is 2.35. The number of carboxylic acid groups (broad SMARTS) is 1. The maximum Gasteiger partial charge on any atom is 0.307 e. The first-order valence-corrected chi connectivity index (χ1v) is 7.27. The molecule has 1 fully saturated rings. The largest absolute Gasteiger partial charge is 0.481 e. The number of amides is 1. The summed E-state index contributed by atoms with van der Waals surface area (Å²) in [6.07, 6.45) is 2.66. The first-order chi connectivity index (χ1) is 9.49. The molecule has 1 aromatic rings. The molecule has 0 radical (unpaired) electrons. The maximum atomic E-state index is 13.7. The van der Waals surface area contributed by atoms with E-state index in [2.05, 4.69) is 21.2 Å². The SMILES string of the molecule is O=C(O)[C@@H]1CCCC[C@H]1C(=O)Nc1ccc(Br)cc1F. The molecule has 0 unspecified atom stereocenters. The van der Waals surface area contributed by atoms with Crippen molar-refractivity contribution >= 4 is 33.5 Å². The van der Waals surface area contributed by atoms with Gasteiger partial charge in [0.2, 0.25) is 5.91 Å². The van der Waals surface area contributed by atoms with Crippen LogP contribution >= 0.6 is 15.9 Å². The Hall–Kier alpha value is -1.43. The second-order valence-electron chi connectivity index (χ2n) is 4.95. The predicted octanol–water partition coefficient (Wildman–Crippen LogP) is 3.42. The number of nitrogens with one attached hydrogen (secondary N) is 1. The number of halogens is 2. The molecule has 1 amide bonds. The van der Waals surface area contributed by atoms with Crippen molar-refractivity contribution in [3.05, 3.63) is 28.5 Å². The van der Waals surface area contributed by atoms with Gasteiger partial charge in [0, 0.05) is 4.47 Å². The third-order valence-corrected chi connectivity index (χ3v) is 4.10. The molecule has 1 aliphatic rings. The Kier molecular flexibility index (Phi) is 4.75. The minimum Gasteiger partial charge on any atom is -0.481 e. The number of anilines is 1. The molecule has 0 spiro atoms. The fourth-order valence-electron chi connectivity index (χ4n) is 2.56. The quantitative estimate of drug-likeness (QED) is 0.883. The summed E-state index contributed by atoms with van der Waals surface area (Å²) in [7, 11) is 0. The van der Waals surface area contributed by atoms with Crippen LogP contribution in [0.1, 0.15) is 25.7 Å². The Bertz CT molecular complexity index is 535. The van der Waals surface area contributed by atoms with Crippen LogP contribution in [0.4, 0.5) is 10.1 Å². The van der Waals surface area contributed by atoms with Gasteiger partial charge < -0.3 is 10.4 Å². The normalized spacial score (nSPS) is 22.3. The van der Waals surface area contributed by atoms with E-state index < -0.39 is 29.5 Å². The Morgan fingerprint density at radius 3 is 2.50 bits per heavy atom. The highest BCUT2D eigenvalue weighted by molar-refractivity contribution is 9.10. The van der Waals surface area contributed by atoms with Gasteiger partial charge in [0.05, 0.1) is 17.5 Å².